The zero-order valence-corrected chi connectivity index (χ0v) is 7.24. The summed E-state index contributed by atoms with van der Waals surface area (Å²) in [5.74, 6) is 1.11. The van der Waals surface area contributed by atoms with E-state index in [4.69, 9.17) is 9.52 Å². The standard InChI is InChI=1S/C7H13N3O2/c1-5(11)3-8-4-7-10-9-6(2)12-7/h5,8,11H,3-4H2,1-2H3. The van der Waals surface area contributed by atoms with Gasteiger partial charge in [-0.25, -0.2) is 0 Å². The van der Waals surface area contributed by atoms with E-state index >= 15 is 0 Å². The van der Waals surface area contributed by atoms with Gasteiger partial charge in [0.25, 0.3) is 0 Å². The number of aliphatic hydroxyl groups excluding tert-OH is 1. The lowest BCUT2D eigenvalue weighted by Gasteiger charge is -2.02. The number of hydrogen-bond acceptors (Lipinski definition) is 5. The van der Waals surface area contributed by atoms with Gasteiger partial charge in [0.15, 0.2) is 0 Å². The van der Waals surface area contributed by atoms with Crippen LogP contribution in [0.25, 0.3) is 0 Å². The molecule has 0 aliphatic rings. The average molecular weight is 171 g/mol. The van der Waals surface area contributed by atoms with Gasteiger partial charge in [0, 0.05) is 13.5 Å². The van der Waals surface area contributed by atoms with Crippen LogP contribution in [0, 0.1) is 6.92 Å². The quantitative estimate of drug-likeness (QED) is 0.659. The molecule has 0 fully saturated rings. The Bertz CT molecular complexity index is 234. The maximum atomic E-state index is 8.91. The molecule has 0 bridgehead atoms. The summed E-state index contributed by atoms with van der Waals surface area (Å²) in [4.78, 5) is 0. The third kappa shape index (κ3) is 2.98. The first-order valence-electron chi connectivity index (χ1n) is 3.86. The molecule has 5 nitrogen and oxygen atoms in total. The van der Waals surface area contributed by atoms with Gasteiger partial charge in [0.1, 0.15) is 0 Å². The van der Waals surface area contributed by atoms with Gasteiger partial charge in [-0.1, -0.05) is 0 Å². The third-order valence-electron chi connectivity index (χ3n) is 1.28. The fourth-order valence-electron chi connectivity index (χ4n) is 0.797. The zero-order chi connectivity index (χ0) is 8.97. The van der Waals surface area contributed by atoms with Gasteiger partial charge >= 0.3 is 0 Å². The van der Waals surface area contributed by atoms with Crippen molar-refractivity contribution in [2.24, 2.45) is 0 Å². The molecule has 0 aliphatic carbocycles. The molecular formula is C7H13N3O2. The molecule has 1 unspecified atom stereocenters. The summed E-state index contributed by atoms with van der Waals surface area (Å²) in [5.41, 5.74) is 0. The normalized spacial score (nSPS) is 13.2. The van der Waals surface area contributed by atoms with Crippen LogP contribution in [0.1, 0.15) is 18.7 Å². The van der Waals surface area contributed by atoms with Crippen molar-refractivity contribution in [1.29, 1.82) is 0 Å². The summed E-state index contributed by atoms with van der Waals surface area (Å²) < 4.78 is 5.10. The topological polar surface area (TPSA) is 71.2 Å². The maximum absolute atomic E-state index is 8.91. The largest absolute Gasteiger partial charge is 0.424 e. The monoisotopic (exact) mass is 171 g/mol. The van der Waals surface area contributed by atoms with Gasteiger partial charge in [-0.05, 0) is 6.92 Å². The number of rotatable bonds is 4. The summed E-state index contributed by atoms with van der Waals surface area (Å²) in [7, 11) is 0. The molecule has 1 rings (SSSR count). The Morgan fingerprint density at radius 3 is 2.83 bits per heavy atom. The third-order valence-corrected chi connectivity index (χ3v) is 1.28. The zero-order valence-electron chi connectivity index (χ0n) is 7.24. The van der Waals surface area contributed by atoms with Crippen LogP contribution in [-0.4, -0.2) is 28.0 Å². The number of nitrogens with zero attached hydrogens (tertiary/aromatic N) is 2. The first-order chi connectivity index (χ1) is 5.68. The van der Waals surface area contributed by atoms with Crippen molar-refractivity contribution in [1.82, 2.24) is 15.5 Å². The van der Waals surface area contributed by atoms with E-state index in [1.54, 1.807) is 13.8 Å². The lowest BCUT2D eigenvalue weighted by molar-refractivity contribution is 0.189. The van der Waals surface area contributed by atoms with Crippen molar-refractivity contribution in [2.75, 3.05) is 6.54 Å². The number of aliphatic hydroxyl groups is 1. The first-order valence-corrected chi connectivity index (χ1v) is 3.86. The summed E-state index contributed by atoms with van der Waals surface area (Å²) in [6.45, 7) is 4.49. The SMILES string of the molecule is Cc1nnc(CNCC(C)O)o1. The minimum absolute atomic E-state index is 0.353. The van der Waals surface area contributed by atoms with Crippen molar-refractivity contribution in [3.8, 4) is 0 Å². The number of hydrogen-bond donors (Lipinski definition) is 2. The Balaban J connectivity index is 2.24. The van der Waals surface area contributed by atoms with Crippen LogP contribution in [0.5, 0.6) is 0 Å². The van der Waals surface area contributed by atoms with E-state index in [1.807, 2.05) is 0 Å². The highest BCUT2D eigenvalue weighted by Crippen LogP contribution is 1.96. The van der Waals surface area contributed by atoms with Gasteiger partial charge < -0.3 is 14.8 Å². The molecule has 1 heterocycles. The van der Waals surface area contributed by atoms with E-state index in [0.29, 0.717) is 24.9 Å². The van der Waals surface area contributed by atoms with E-state index in [1.165, 1.54) is 0 Å². The lowest BCUT2D eigenvalue weighted by Crippen LogP contribution is -2.23. The second kappa shape index (κ2) is 4.18. The van der Waals surface area contributed by atoms with Crippen molar-refractivity contribution in [3.63, 3.8) is 0 Å². The summed E-state index contributed by atoms with van der Waals surface area (Å²) in [5, 5.41) is 19.3. The van der Waals surface area contributed by atoms with Crippen molar-refractivity contribution in [2.45, 2.75) is 26.5 Å². The molecule has 68 valence electrons. The predicted molar refractivity (Wildman–Crippen MR) is 42.4 cm³/mol. The van der Waals surface area contributed by atoms with E-state index in [9.17, 15) is 0 Å². The van der Waals surface area contributed by atoms with Gasteiger partial charge in [-0.3, -0.25) is 0 Å². The van der Waals surface area contributed by atoms with Gasteiger partial charge in [0.2, 0.25) is 11.8 Å². The Kier molecular flexibility index (Phi) is 3.19. The van der Waals surface area contributed by atoms with Gasteiger partial charge in [-0.15, -0.1) is 10.2 Å². The number of aryl methyl sites for hydroxylation is 1. The van der Waals surface area contributed by atoms with Crippen LogP contribution in [0.2, 0.25) is 0 Å². The minimum atomic E-state index is -0.353. The van der Waals surface area contributed by atoms with Crippen LogP contribution in [0.3, 0.4) is 0 Å². The Morgan fingerprint density at radius 2 is 2.33 bits per heavy atom. The van der Waals surface area contributed by atoms with Crippen molar-refractivity contribution in [3.05, 3.63) is 11.8 Å². The molecule has 0 aliphatic heterocycles. The van der Waals surface area contributed by atoms with Gasteiger partial charge in [-0.2, -0.15) is 0 Å². The molecule has 0 aromatic carbocycles. The summed E-state index contributed by atoms with van der Waals surface area (Å²) in [6, 6.07) is 0. The van der Waals surface area contributed by atoms with E-state index in [0.717, 1.165) is 0 Å². The van der Waals surface area contributed by atoms with Crippen molar-refractivity contribution < 1.29 is 9.52 Å². The average Bonchev–Trinajstić information content (AvgIpc) is 2.35. The molecule has 1 aromatic rings. The Morgan fingerprint density at radius 1 is 1.58 bits per heavy atom. The number of aromatic nitrogens is 2. The van der Waals surface area contributed by atoms with E-state index in [2.05, 4.69) is 15.5 Å². The van der Waals surface area contributed by atoms with Crippen LogP contribution in [-0.2, 0) is 6.54 Å². The second-order valence-electron chi connectivity index (χ2n) is 2.69. The number of nitrogens with one attached hydrogen (secondary N) is 1. The Labute approximate surface area is 70.8 Å². The van der Waals surface area contributed by atoms with E-state index in [-0.39, 0.29) is 6.10 Å². The summed E-state index contributed by atoms with van der Waals surface area (Å²) in [6.07, 6.45) is -0.353. The molecular weight excluding hydrogens is 158 g/mol. The molecule has 0 saturated carbocycles. The molecule has 0 saturated heterocycles. The fraction of sp³-hybridized carbons (Fsp3) is 0.714. The highest BCUT2D eigenvalue weighted by molar-refractivity contribution is 4.77. The second-order valence-corrected chi connectivity index (χ2v) is 2.69. The van der Waals surface area contributed by atoms with Crippen LogP contribution in [0.4, 0.5) is 0 Å². The predicted octanol–water partition coefficient (Wildman–Crippen LogP) is -0.152. The lowest BCUT2D eigenvalue weighted by atomic mass is 10.4. The van der Waals surface area contributed by atoms with Crippen LogP contribution >= 0.6 is 0 Å². The molecule has 1 atom stereocenters. The first kappa shape index (κ1) is 9.15. The molecule has 1 aromatic heterocycles. The smallest absolute Gasteiger partial charge is 0.230 e. The minimum Gasteiger partial charge on any atom is -0.424 e. The van der Waals surface area contributed by atoms with E-state index < -0.39 is 0 Å². The Hall–Kier alpha value is -0.940. The van der Waals surface area contributed by atoms with Crippen LogP contribution < -0.4 is 5.32 Å². The molecule has 5 heteroatoms. The summed E-state index contributed by atoms with van der Waals surface area (Å²) >= 11 is 0. The molecule has 0 radical (unpaired) electrons. The highest BCUT2D eigenvalue weighted by Gasteiger charge is 2.01. The van der Waals surface area contributed by atoms with Crippen molar-refractivity contribution >= 4 is 0 Å². The molecule has 12 heavy (non-hydrogen) atoms. The highest BCUT2D eigenvalue weighted by atomic mass is 16.4. The molecule has 0 amide bonds. The molecule has 2 N–H and O–H groups in total. The fourth-order valence-corrected chi connectivity index (χ4v) is 0.797. The molecule has 0 spiro atoms. The van der Waals surface area contributed by atoms with Gasteiger partial charge in [0.05, 0.1) is 12.6 Å². The van der Waals surface area contributed by atoms with Crippen LogP contribution in [0.15, 0.2) is 4.42 Å². The maximum Gasteiger partial charge on any atom is 0.230 e.